The molecule has 1 aliphatic heterocycles. The van der Waals surface area contributed by atoms with Gasteiger partial charge in [0.25, 0.3) is 0 Å². The number of hydrogen-bond donors (Lipinski definition) is 1. The van der Waals surface area contributed by atoms with E-state index in [0.717, 1.165) is 0 Å². The second kappa shape index (κ2) is 6.03. The molecular formula is C11H20N4O4S2. The first-order valence-corrected chi connectivity index (χ1v) is 9.95. The summed E-state index contributed by atoms with van der Waals surface area (Å²) in [5, 5.41) is 3.84. The normalized spacial score (nSPS) is 19.0. The van der Waals surface area contributed by atoms with Crippen molar-refractivity contribution in [3.05, 3.63) is 12.4 Å². The topological polar surface area (TPSA) is 101 Å². The summed E-state index contributed by atoms with van der Waals surface area (Å²) in [5.41, 5.74) is 0. The van der Waals surface area contributed by atoms with Gasteiger partial charge in [-0.15, -0.1) is 0 Å². The fourth-order valence-electron chi connectivity index (χ4n) is 2.29. The standard InChI is InChI=1S/C11H20N4O4S2/c1-14-9-11(8-12-14)21(18,19)13-7-10-3-5-15(6-4-10)20(2,16)17/h8-10,13H,3-7H2,1-2H3. The zero-order valence-corrected chi connectivity index (χ0v) is 13.7. The van der Waals surface area contributed by atoms with Gasteiger partial charge in [0.1, 0.15) is 4.90 Å². The van der Waals surface area contributed by atoms with Crippen LogP contribution in [0.25, 0.3) is 0 Å². The Balaban J connectivity index is 1.88. The molecule has 1 aliphatic rings. The summed E-state index contributed by atoms with van der Waals surface area (Å²) in [5.74, 6) is 0.148. The molecule has 1 aromatic rings. The lowest BCUT2D eigenvalue weighted by molar-refractivity contribution is 0.275. The first-order valence-electron chi connectivity index (χ1n) is 6.62. The molecule has 0 amide bonds. The summed E-state index contributed by atoms with van der Waals surface area (Å²) in [7, 11) is -5.04. The SMILES string of the molecule is Cn1cc(S(=O)(=O)NCC2CCN(S(C)(=O)=O)CC2)cn1. The molecule has 0 radical (unpaired) electrons. The van der Waals surface area contributed by atoms with E-state index in [1.807, 2.05) is 0 Å². The van der Waals surface area contributed by atoms with Crippen LogP contribution < -0.4 is 4.72 Å². The van der Waals surface area contributed by atoms with Crippen molar-refractivity contribution in [1.82, 2.24) is 18.8 Å². The maximum absolute atomic E-state index is 12.0. The Morgan fingerprint density at radius 3 is 2.38 bits per heavy atom. The van der Waals surface area contributed by atoms with E-state index in [1.165, 1.54) is 27.6 Å². The summed E-state index contributed by atoms with van der Waals surface area (Å²) in [4.78, 5) is 0.138. The van der Waals surface area contributed by atoms with E-state index in [2.05, 4.69) is 9.82 Å². The second-order valence-corrected chi connectivity index (χ2v) is 9.06. The highest BCUT2D eigenvalue weighted by atomic mass is 32.2. The van der Waals surface area contributed by atoms with Crippen molar-refractivity contribution in [3.8, 4) is 0 Å². The molecular weight excluding hydrogens is 316 g/mol. The Morgan fingerprint density at radius 1 is 1.29 bits per heavy atom. The van der Waals surface area contributed by atoms with E-state index in [4.69, 9.17) is 0 Å². The van der Waals surface area contributed by atoms with Gasteiger partial charge >= 0.3 is 0 Å². The molecule has 1 fully saturated rings. The number of rotatable bonds is 5. The van der Waals surface area contributed by atoms with Gasteiger partial charge in [-0.25, -0.2) is 25.9 Å². The van der Waals surface area contributed by atoms with Crippen LogP contribution in [0.5, 0.6) is 0 Å². The summed E-state index contributed by atoms with van der Waals surface area (Å²) in [6, 6.07) is 0. The Hall–Kier alpha value is -0.970. The lowest BCUT2D eigenvalue weighted by Gasteiger charge is -2.30. The van der Waals surface area contributed by atoms with Crippen LogP contribution in [0.4, 0.5) is 0 Å². The van der Waals surface area contributed by atoms with Gasteiger partial charge in [-0.2, -0.15) is 5.10 Å². The smallest absolute Gasteiger partial charge is 0.243 e. The lowest BCUT2D eigenvalue weighted by atomic mass is 9.99. The molecule has 2 heterocycles. The summed E-state index contributed by atoms with van der Waals surface area (Å²) >= 11 is 0. The van der Waals surface area contributed by atoms with Gasteiger partial charge in [-0.1, -0.05) is 0 Å². The molecule has 1 aromatic heterocycles. The molecule has 120 valence electrons. The molecule has 1 saturated heterocycles. The minimum atomic E-state index is -3.55. The summed E-state index contributed by atoms with van der Waals surface area (Å²) in [6.07, 6.45) is 5.24. The maximum Gasteiger partial charge on any atom is 0.243 e. The fourth-order valence-corrected chi connectivity index (χ4v) is 4.27. The van der Waals surface area contributed by atoms with Crippen LogP contribution in [0, 0.1) is 5.92 Å². The van der Waals surface area contributed by atoms with E-state index < -0.39 is 20.0 Å². The summed E-state index contributed by atoms with van der Waals surface area (Å²) in [6.45, 7) is 1.20. The van der Waals surface area contributed by atoms with E-state index in [9.17, 15) is 16.8 Å². The number of piperidine rings is 1. The van der Waals surface area contributed by atoms with Gasteiger partial charge in [-0.3, -0.25) is 4.68 Å². The highest BCUT2D eigenvalue weighted by Gasteiger charge is 2.26. The zero-order valence-electron chi connectivity index (χ0n) is 12.1. The molecule has 2 rings (SSSR count). The molecule has 21 heavy (non-hydrogen) atoms. The predicted molar refractivity (Wildman–Crippen MR) is 77.5 cm³/mol. The Kier molecular flexibility index (Phi) is 4.71. The van der Waals surface area contributed by atoms with E-state index in [1.54, 1.807) is 7.05 Å². The molecule has 0 aromatic carbocycles. The second-order valence-electron chi connectivity index (χ2n) is 5.31. The van der Waals surface area contributed by atoms with E-state index in [-0.39, 0.29) is 10.8 Å². The molecule has 10 heteroatoms. The van der Waals surface area contributed by atoms with Crippen LogP contribution in [0.15, 0.2) is 17.3 Å². The highest BCUT2D eigenvalue weighted by molar-refractivity contribution is 7.89. The fraction of sp³-hybridized carbons (Fsp3) is 0.727. The van der Waals surface area contributed by atoms with Crippen LogP contribution in [-0.4, -0.2) is 56.8 Å². The third-order valence-corrected chi connectivity index (χ3v) is 6.28. The molecule has 0 spiro atoms. The third-order valence-electron chi connectivity index (χ3n) is 3.60. The minimum absolute atomic E-state index is 0.138. The average molecular weight is 336 g/mol. The van der Waals surface area contributed by atoms with Crippen molar-refractivity contribution in [2.75, 3.05) is 25.9 Å². The molecule has 0 bridgehead atoms. The largest absolute Gasteiger partial charge is 0.274 e. The molecule has 1 N–H and O–H groups in total. The van der Waals surface area contributed by atoms with Crippen molar-refractivity contribution < 1.29 is 16.8 Å². The number of sulfonamides is 2. The van der Waals surface area contributed by atoms with Crippen LogP contribution >= 0.6 is 0 Å². The first kappa shape index (κ1) is 16.4. The van der Waals surface area contributed by atoms with Crippen LogP contribution in [0.1, 0.15) is 12.8 Å². The molecule has 0 saturated carbocycles. The van der Waals surface area contributed by atoms with E-state index >= 15 is 0 Å². The van der Waals surface area contributed by atoms with Crippen molar-refractivity contribution in [1.29, 1.82) is 0 Å². The van der Waals surface area contributed by atoms with Gasteiger partial charge in [0.05, 0.1) is 12.5 Å². The van der Waals surface area contributed by atoms with Gasteiger partial charge in [-0.05, 0) is 18.8 Å². The zero-order chi connectivity index (χ0) is 15.7. The number of hydrogen-bond acceptors (Lipinski definition) is 5. The van der Waals surface area contributed by atoms with Crippen molar-refractivity contribution in [2.24, 2.45) is 13.0 Å². The number of nitrogens with one attached hydrogen (secondary N) is 1. The Morgan fingerprint density at radius 2 is 1.90 bits per heavy atom. The van der Waals surface area contributed by atoms with Crippen molar-refractivity contribution in [2.45, 2.75) is 17.7 Å². The first-order chi connectivity index (χ1) is 9.68. The van der Waals surface area contributed by atoms with E-state index in [0.29, 0.717) is 32.5 Å². The van der Waals surface area contributed by atoms with Gasteiger partial charge in [0, 0.05) is 32.9 Å². The number of aromatic nitrogens is 2. The van der Waals surface area contributed by atoms with Crippen LogP contribution in [0.2, 0.25) is 0 Å². The average Bonchev–Trinajstić information content (AvgIpc) is 2.83. The van der Waals surface area contributed by atoms with Crippen molar-refractivity contribution in [3.63, 3.8) is 0 Å². The number of nitrogens with zero attached hydrogens (tertiary/aromatic N) is 3. The predicted octanol–water partition coefficient (Wildman–Crippen LogP) is -0.630. The lowest BCUT2D eigenvalue weighted by Crippen LogP contribution is -2.41. The van der Waals surface area contributed by atoms with Gasteiger partial charge in [0.15, 0.2) is 0 Å². The maximum atomic E-state index is 12.0. The Bertz CT molecular complexity index is 688. The van der Waals surface area contributed by atoms with Crippen molar-refractivity contribution >= 4 is 20.0 Å². The molecule has 0 aliphatic carbocycles. The minimum Gasteiger partial charge on any atom is -0.274 e. The van der Waals surface area contributed by atoms with Gasteiger partial charge < -0.3 is 0 Å². The molecule has 0 unspecified atom stereocenters. The van der Waals surface area contributed by atoms with Gasteiger partial charge in [0.2, 0.25) is 20.0 Å². The summed E-state index contributed by atoms with van der Waals surface area (Å²) < 4.78 is 52.3. The van der Waals surface area contributed by atoms with Crippen LogP contribution in [-0.2, 0) is 27.1 Å². The number of aryl methyl sites for hydroxylation is 1. The monoisotopic (exact) mass is 336 g/mol. The highest BCUT2D eigenvalue weighted by Crippen LogP contribution is 2.19. The van der Waals surface area contributed by atoms with Crippen LogP contribution in [0.3, 0.4) is 0 Å². The third kappa shape index (κ3) is 4.25. The molecule has 8 nitrogen and oxygen atoms in total. The quantitative estimate of drug-likeness (QED) is 0.771. The molecule has 0 atom stereocenters. The Labute approximate surface area is 125 Å².